The summed E-state index contributed by atoms with van der Waals surface area (Å²) in [6.07, 6.45) is 19.4. The van der Waals surface area contributed by atoms with Gasteiger partial charge in [-0.2, -0.15) is 0 Å². The fourth-order valence-corrected chi connectivity index (χ4v) is 7.22. The molecule has 12 nitrogen and oxygen atoms in total. The van der Waals surface area contributed by atoms with Gasteiger partial charge in [-0.15, -0.1) is 0 Å². The van der Waals surface area contributed by atoms with Crippen molar-refractivity contribution in [2.75, 3.05) is 19.8 Å². The zero-order valence-electron chi connectivity index (χ0n) is 34.9. The highest BCUT2D eigenvalue weighted by molar-refractivity contribution is 5.76. The normalized spacial score (nSPS) is 21.6. The number of carbonyl (C=O) groups excluding carboxylic acids is 2. The Kier molecular flexibility index (Phi) is 32.5. The summed E-state index contributed by atoms with van der Waals surface area (Å²) < 4.78 is 11.1. The first kappa shape index (κ1) is 51.6. The van der Waals surface area contributed by atoms with E-state index in [9.17, 15) is 40.2 Å². The van der Waals surface area contributed by atoms with Crippen LogP contribution in [0.5, 0.6) is 0 Å². The average molecular weight is 789 g/mol. The van der Waals surface area contributed by atoms with Crippen LogP contribution in [-0.2, 0) is 19.1 Å². The molecule has 0 aromatic carbocycles. The quantitative estimate of drug-likeness (QED) is 0.0341. The Labute approximate surface area is 333 Å². The molecular formula is C43H84N2O10. The van der Waals surface area contributed by atoms with Crippen LogP contribution in [0.15, 0.2) is 0 Å². The number of hydrogen-bond acceptors (Lipinski definition) is 10. The summed E-state index contributed by atoms with van der Waals surface area (Å²) >= 11 is 0. The van der Waals surface area contributed by atoms with Gasteiger partial charge in [0, 0.05) is 19.4 Å². The van der Waals surface area contributed by atoms with Gasteiger partial charge in [-0.25, -0.2) is 0 Å². The maximum Gasteiger partial charge on any atom is 0.220 e. The van der Waals surface area contributed by atoms with E-state index in [0.29, 0.717) is 25.8 Å². The second kappa shape index (κ2) is 34.6. The van der Waals surface area contributed by atoms with Crippen molar-refractivity contribution in [1.29, 1.82) is 0 Å². The lowest BCUT2D eigenvalue weighted by atomic mass is 9.98. The lowest BCUT2D eigenvalue weighted by molar-refractivity contribution is -0.303. The van der Waals surface area contributed by atoms with Crippen LogP contribution in [0, 0.1) is 0 Å². The molecule has 8 N–H and O–H groups in total. The van der Waals surface area contributed by atoms with E-state index < -0.39 is 55.6 Å². The van der Waals surface area contributed by atoms with Gasteiger partial charge in [0.25, 0.3) is 0 Å². The van der Waals surface area contributed by atoms with E-state index in [1.807, 2.05) is 0 Å². The van der Waals surface area contributed by atoms with Crippen LogP contribution >= 0.6 is 0 Å². The fourth-order valence-electron chi connectivity index (χ4n) is 7.22. The maximum atomic E-state index is 13.0. The van der Waals surface area contributed by atoms with Crippen LogP contribution in [-0.4, -0.2) is 111 Å². The van der Waals surface area contributed by atoms with E-state index in [1.165, 1.54) is 89.9 Å². The zero-order chi connectivity index (χ0) is 40.5. The van der Waals surface area contributed by atoms with Crippen molar-refractivity contribution in [3.8, 4) is 0 Å². The molecule has 0 radical (unpaired) electrons. The molecule has 2 amide bonds. The smallest absolute Gasteiger partial charge is 0.220 e. The van der Waals surface area contributed by atoms with E-state index >= 15 is 0 Å². The molecule has 8 atom stereocenters. The van der Waals surface area contributed by atoms with E-state index in [4.69, 9.17) is 9.47 Å². The molecule has 0 aliphatic carbocycles. The van der Waals surface area contributed by atoms with Crippen molar-refractivity contribution >= 4 is 11.8 Å². The summed E-state index contributed by atoms with van der Waals surface area (Å²) in [6.45, 7) is 4.16. The molecule has 1 heterocycles. The number of hydrogen-bond donors (Lipinski definition) is 8. The number of rotatable bonds is 37. The van der Waals surface area contributed by atoms with Gasteiger partial charge < -0.3 is 50.7 Å². The minimum Gasteiger partial charge on any atom is -0.394 e. The minimum atomic E-state index is -1.62. The second-order valence-corrected chi connectivity index (χ2v) is 16.0. The Morgan fingerprint density at radius 2 is 1.05 bits per heavy atom. The van der Waals surface area contributed by atoms with Crippen molar-refractivity contribution in [3.05, 3.63) is 0 Å². The largest absolute Gasteiger partial charge is 0.394 e. The van der Waals surface area contributed by atoms with Crippen molar-refractivity contribution in [2.24, 2.45) is 0 Å². The molecule has 1 aliphatic heterocycles. The fraction of sp³-hybridized carbons (Fsp3) is 0.953. The predicted molar refractivity (Wildman–Crippen MR) is 217 cm³/mol. The lowest BCUT2D eigenvalue weighted by Crippen LogP contribution is -2.60. The van der Waals surface area contributed by atoms with E-state index in [-0.39, 0.29) is 24.8 Å². The molecule has 1 saturated heterocycles. The van der Waals surface area contributed by atoms with Gasteiger partial charge in [-0.05, 0) is 25.7 Å². The number of unbranched alkanes of at least 4 members (excludes halogenated alkanes) is 22. The molecular weight excluding hydrogens is 704 g/mol. The maximum absolute atomic E-state index is 13.0. The highest BCUT2D eigenvalue weighted by Gasteiger charge is 2.44. The summed E-state index contributed by atoms with van der Waals surface area (Å²) in [7, 11) is 0. The Bertz CT molecular complexity index is 913. The molecule has 12 heteroatoms. The first-order valence-corrected chi connectivity index (χ1v) is 22.5. The van der Waals surface area contributed by atoms with E-state index in [0.717, 1.165) is 64.2 Å². The molecule has 0 aromatic heterocycles. The molecule has 1 aliphatic rings. The Hall–Kier alpha value is -1.38. The first-order valence-electron chi connectivity index (χ1n) is 22.5. The van der Waals surface area contributed by atoms with Crippen LogP contribution in [0.3, 0.4) is 0 Å². The molecule has 0 spiro atoms. The molecule has 1 rings (SSSR count). The molecule has 3 unspecified atom stereocenters. The topological polar surface area (TPSA) is 198 Å². The number of aliphatic hydroxyl groups is 6. The van der Waals surface area contributed by atoms with Gasteiger partial charge in [0.05, 0.1) is 25.4 Å². The molecule has 326 valence electrons. The predicted octanol–water partition coefficient (Wildman–Crippen LogP) is 6.09. The monoisotopic (exact) mass is 789 g/mol. The number of carbonyl (C=O) groups is 2. The van der Waals surface area contributed by atoms with Crippen LogP contribution < -0.4 is 10.6 Å². The van der Waals surface area contributed by atoms with Crippen LogP contribution in [0.1, 0.15) is 194 Å². The third-order valence-electron chi connectivity index (χ3n) is 11.0. The number of aliphatic hydroxyl groups excluding tert-OH is 6. The Morgan fingerprint density at radius 1 is 0.600 bits per heavy atom. The van der Waals surface area contributed by atoms with Gasteiger partial charge in [-0.1, -0.05) is 155 Å². The Balaban J connectivity index is 2.41. The first-order chi connectivity index (χ1) is 26.7. The molecule has 55 heavy (non-hydrogen) atoms. The third-order valence-corrected chi connectivity index (χ3v) is 11.0. The number of ether oxygens (including phenoxy) is 2. The second-order valence-electron chi connectivity index (χ2n) is 16.0. The summed E-state index contributed by atoms with van der Waals surface area (Å²) in [5.74, 6) is -0.193. The summed E-state index contributed by atoms with van der Waals surface area (Å²) in [5, 5.41) is 68.0. The van der Waals surface area contributed by atoms with Gasteiger partial charge in [-0.3, -0.25) is 9.59 Å². The van der Waals surface area contributed by atoms with Crippen LogP contribution in [0.2, 0.25) is 0 Å². The molecule has 0 saturated carbocycles. The lowest BCUT2D eigenvalue weighted by Gasteiger charge is -2.40. The molecule has 1 fully saturated rings. The summed E-state index contributed by atoms with van der Waals surface area (Å²) in [6, 6.07) is -1.03. The van der Waals surface area contributed by atoms with Gasteiger partial charge in [0.15, 0.2) is 6.29 Å². The van der Waals surface area contributed by atoms with Crippen molar-refractivity contribution < 1.29 is 49.7 Å². The van der Waals surface area contributed by atoms with Crippen LogP contribution in [0.25, 0.3) is 0 Å². The van der Waals surface area contributed by atoms with Crippen molar-refractivity contribution in [1.82, 2.24) is 10.6 Å². The van der Waals surface area contributed by atoms with Crippen LogP contribution in [0.4, 0.5) is 0 Å². The zero-order valence-corrected chi connectivity index (χ0v) is 34.9. The summed E-state index contributed by atoms with van der Waals surface area (Å²) in [5.41, 5.74) is 0. The Morgan fingerprint density at radius 3 is 1.56 bits per heavy atom. The highest BCUT2D eigenvalue weighted by Crippen LogP contribution is 2.23. The van der Waals surface area contributed by atoms with Gasteiger partial charge >= 0.3 is 0 Å². The molecule has 0 aromatic rings. The average Bonchev–Trinajstić information content (AvgIpc) is 3.18. The summed E-state index contributed by atoms with van der Waals surface area (Å²) in [4.78, 5) is 25.1. The number of amides is 2. The minimum absolute atomic E-state index is 0.120. The third kappa shape index (κ3) is 25.6. The highest BCUT2D eigenvalue weighted by atomic mass is 16.7. The standard InChI is InChI=1S/C43H84N2O10/c1-3-5-7-9-11-13-14-15-16-17-20-24-28-35(47)39(50)34(33-54-43-42(53)41(52)40(51)36(32-46)55-43)45-38(49)30-26-22-19-23-27-31-44-37(48)29-25-21-18-12-10-8-6-4-2/h34-36,39-43,46-47,50-53H,3-33H2,1-2H3,(H,44,48)(H,45,49)/t34?,35?,36-,39?,40+,41+,42-,43+/m1/s1. The van der Waals surface area contributed by atoms with Gasteiger partial charge in [0.2, 0.25) is 11.8 Å². The number of nitrogens with one attached hydrogen (secondary N) is 2. The van der Waals surface area contributed by atoms with Crippen molar-refractivity contribution in [3.63, 3.8) is 0 Å². The van der Waals surface area contributed by atoms with Gasteiger partial charge in [0.1, 0.15) is 30.5 Å². The van der Waals surface area contributed by atoms with E-state index in [2.05, 4.69) is 24.5 Å². The SMILES string of the molecule is CCCCCCCCCCCCCCC(O)C(O)C(CO[C@H]1O[C@H](CO)[C@H](O)[C@H](O)[C@H]1O)NC(=O)CCCCCCCNC(=O)CCCCCCCCCC. The van der Waals surface area contributed by atoms with E-state index in [1.54, 1.807) is 0 Å². The van der Waals surface area contributed by atoms with Crippen molar-refractivity contribution in [2.45, 2.75) is 243 Å². The molecule has 0 bridgehead atoms.